The van der Waals surface area contributed by atoms with Crippen LogP contribution in [0.1, 0.15) is 60.2 Å². The maximum absolute atomic E-state index is 13.2. The first-order chi connectivity index (χ1) is 14.0. The van der Waals surface area contributed by atoms with Crippen molar-refractivity contribution in [2.45, 2.75) is 25.9 Å². The van der Waals surface area contributed by atoms with Gasteiger partial charge >= 0.3 is 0 Å². The van der Waals surface area contributed by atoms with Gasteiger partial charge in [-0.25, -0.2) is 0 Å². The molecule has 2 aromatic heterocycles. The molecule has 1 aromatic carbocycles. The van der Waals surface area contributed by atoms with E-state index in [0.717, 1.165) is 11.3 Å². The lowest BCUT2D eigenvalue weighted by Crippen LogP contribution is -2.38. The smallest absolute Gasteiger partial charge is 0.261 e. The van der Waals surface area contributed by atoms with Crippen molar-refractivity contribution < 1.29 is 18.8 Å². The lowest BCUT2D eigenvalue weighted by Gasteiger charge is -2.33. The minimum atomic E-state index is -0.400. The molecular weight excluding hydrogens is 388 g/mol. The van der Waals surface area contributed by atoms with Gasteiger partial charge in [0.1, 0.15) is 5.76 Å². The van der Waals surface area contributed by atoms with Gasteiger partial charge in [0, 0.05) is 17.0 Å². The van der Waals surface area contributed by atoms with Gasteiger partial charge in [-0.05, 0) is 60.7 Å². The Hall–Kier alpha value is -3.19. The Balaban J connectivity index is 1.42. The zero-order chi connectivity index (χ0) is 20.1. The number of benzene rings is 1. The van der Waals surface area contributed by atoms with Crippen LogP contribution in [-0.4, -0.2) is 34.1 Å². The first-order valence-electron chi connectivity index (χ1n) is 9.44. The second kappa shape index (κ2) is 6.70. The van der Waals surface area contributed by atoms with Crippen LogP contribution >= 0.6 is 11.3 Å². The van der Waals surface area contributed by atoms with Crippen LogP contribution in [0.2, 0.25) is 0 Å². The molecule has 2 aliphatic heterocycles. The average Bonchev–Trinajstić information content (AvgIpc) is 3.46. The molecule has 0 radical (unpaired) electrons. The predicted octanol–water partition coefficient (Wildman–Crippen LogP) is 3.90. The molecule has 0 spiro atoms. The van der Waals surface area contributed by atoms with Gasteiger partial charge in [0.15, 0.2) is 0 Å². The van der Waals surface area contributed by atoms with Gasteiger partial charge in [0.25, 0.3) is 17.7 Å². The molecule has 7 heteroatoms. The summed E-state index contributed by atoms with van der Waals surface area (Å²) in [6, 6.07) is 10.3. The molecule has 0 fully saturated rings. The van der Waals surface area contributed by atoms with E-state index in [4.69, 9.17) is 4.42 Å². The number of imide groups is 1. The highest BCUT2D eigenvalue weighted by Crippen LogP contribution is 2.34. The molecule has 3 aromatic rings. The van der Waals surface area contributed by atoms with Crippen LogP contribution in [0.15, 0.2) is 52.5 Å². The van der Waals surface area contributed by atoms with Gasteiger partial charge < -0.3 is 9.32 Å². The highest BCUT2D eigenvalue weighted by molar-refractivity contribution is 7.10. The lowest BCUT2D eigenvalue weighted by atomic mass is 9.99. The van der Waals surface area contributed by atoms with Crippen molar-refractivity contribution in [2.75, 3.05) is 6.54 Å². The van der Waals surface area contributed by atoms with E-state index >= 15 is 0 Å². The van der Waals surface area contributed by atoms with Crippen molar-refractivity contribution in [3.63, 3.8) is 0 Å². The van der Waals surface area contributed by atoms with E-state index in [1.54, 1.807) is 41.7 Å². The van der Waals surface area contributed by atoms with E-state index in [9.17, 15) is 14.4 Å². The molecule has 0 bridgehead atoms. The number of carbonyl (C=O) groups is 3. The van der Waals surface area contributed by atoms with E-state index in [1.807, 2.05) is 11.8 Å². The van der Waals surface area contributed by atoms with Crippen LogP contribution in [0.25, 0.3) is 0 Å². The molecule has 0 saturated carbocycles. The first-order valence-corrected chi connectivity index (χ1v) is 10.3. The summed E-state index contributed by atoms with van der Waals surface area (Å²) < 4.78 is 5.26. The molecule has 29 heavy (non-hydrogen) atoms. The fraction of sp³-hybridized carbons (Fsp3) is 0.227. The second-order valence-corrected chi connectivity index (χ2v) is 8.26. The van der Waals surface area contributed by atoms with E-state index in [1.165, 1.54) is 16.7 Å². The number of hydrogen-bond acceptors (Lipinski definition) is 5. The maximum atomic E-state index is 13.2. The maximum Gasteiger partial charge on any atom is 0.261 e. The molecule has 0 N–H and O–H groups in total. The number of carbonyl (C=O) groups excluding carboxylic acids is 3. The topological polar surface area (TPSA) is 70.8 Å². The third-order valence-electron chi connectivity index (χ3n) is 5.65. The number of thiophene rings is 1. The van der Waals surface area contributed by atoms with Gasteiger partial charge in [0.2, 0.25) is 0 Å². The number of nitrogens with zero attached hydrogens (tertiary/aromatic N) is 2. The monoisotopic (exact) mass is 406 g/mol. The van der Waals surface area contributed by atoms with E-state index < -0.39 is 5.91 Å². The second-order valence-electron chi connectivity index (χ2n) is 7.26. The Bertz CT molecular complexity index is 1130. The summed E-state index contributed by atoms with van der Waals surface area (Å²) in [6.45, 7) is 2.74. The highest BCUT2D eigenvalue weighted by Gasteiger charge is 2.37. The fourth-order valence-corrected chi connectivity index (χ4v) is 5.04. The Morgan fingerprint density at radius 1 is 1.17 bits per heavy atom. The largest absolute Gasteiger partial charge is 0.467 e. The summed E-state index contributed by atoms with van der Waals surface area (Å²) in [5.74, 6) is -0.357. The zero-order valence-corrected chi connectivity index (χ0v) is 16.6. The standard InChI is InChI=1S/C22H18N2O4S/c1-13-16-7-10-29-19(16)6-8-23(13)20(25)14-4-5-17-18(11-14)22(27)24(21(17)26)12-15-3-2-9-28-15/h2-5,7,9-11,13H,6,8,12H2,1H3/t13-/m1/s1. The number of furan rings is 1. The molecule has 6 nitrogen and oxygen atoms in total. The van der Waals surface area contributed by atoms with Crippen LogP contribution in [0, 0.1) is 0 Å². The summed E-state index contributed by atoms with van der Waals surface area (Å²) in [7, 11) is 0. The molecule has 0 saturated heterocycles. The van der Waals surface area contributed by atoms with Crippen LogP contribution in [0.5, 0.6) is 0 Å². The summed E-state index contributed by atoms with van der Waals surface area (Å²) in [5.41, 5.74) is 2.21. The predicted molar refractivity (Wildman–Crippen MR) is 107 cm³/mol. The molecular formula is C22H18N2O4S. The van der Waals surface area contributed by atoms with Crippen molar-refractivity contribution in [1.82, 2.24) is 9.80 Å². The molecule has 5 rings (SSSR count). The summed E-state index contributed by atoms with van der Waals surface area (Å²) in [6.07, 6.45) is 2.34. The van der Waals surface area contributed by atoms with Crippen molar-refractivity contribution in [1.29, 1.82) is 0 Å². The minimum Gasteiger partial charge on any atom is -0.467 e. The number of amides is 3. The molecule has 1 atom stereocenters. The third-order valence-corrected chi connectivity index (χ3v) is 6.65. The molecule has 4 heterocycles. The Kier molecular flexibility index (Phi) is 4.13. The summed E-state index contributed by atoms with van der Waals surface area (Å²) in [5, 5.41) is 2.06. The zero-order valence-electron chi connectivity index (χ0n) is 15.8. The number of rotatable bonds is 3. The molecule has 2 aliphatic rings. The van der Waals surface area contributed by atoms with Gasteiger partial charge in [-0.1, -0.05) is 0 Å². The SMILES string of the molecule is C[C@@H]1c2ccsc2CCN1C(=O)c1ccc2c(c1)C(=O)N(Cc1ccco1)C2=O. The lowest BCUT2D eigenvalue weighted by molar-refractivity contribution is 0.0630. The normalized spacial score (nSPS) is 18.2. The minimum absolute atomic E-state index is 0.0152. The first kappa shape index (κ1) is 17.9. The summed E-state index contributed by atoms with van der Waals surface area (Å²) in [4.78, 5) is 42.9. The highest BCUT2D eigenvalue weighted by atomic mass is 32.1. The van der Waals surface area contributed by atoms with Gasteiger partial charge in [-0.2, -0.15) is 0 Å². The van der Waals surface area contributed by atoms with E-state index in [2.05, 4.69) is 11.4 Å². The van der Waals surface area contributed by atoms with Crippen molar-refractivity contribution >= 4 is 29.1 Å². The van der Waals surface area contributed by atoms with E-state index in [0.29, 0.717) is 23.4 Å². The van der Waals surface area contributed by atoms with Crippen LogP contribution in [-0.2, 0) is 13.0 Å². The van der Waals surface area contributed by atoms with Gasteiger partial charge in [0.05, 0.1) is 30.0 Å². The fourth-order valence-electron chi connectivity index (χ4n) is 4.08. The molecule has 0 aliphatic carbocycles. The quantitative estimate of drug-likeness (QED) is 0.619. The van der Waals surface area contributed by atoms with E-state index in [-0.39, 0.29) is 30.0 Å². The Labute approximate surface area is 171 Å². The summed E-state index contributed by atoms with van der Waals surface area (Å²) >= 11 is 1.72. The molecule has 3 amide bonds. The number of hydrogen-bond donors (Lipinski definition) is 0. The Morgan fingerprint density at radius 3 is 2.79 bits per heavy atom. The van der Waals surface area contributed by atoms with Crippen LogP contribution < -0.4 is 0 Å². The molecule has 146 valence electrons. The van der Waals surface area contributed by atoms with Crippen molar-refractivity contribution in [3.8, 4) is 0 Å². The van der Waals surface area contributed by atoms with Crippen molar-refractivity contribution in [2.24, 2.45) is 0 Å². The van der Waals surface area contributed by atoms with Gasteiger partial charge in [-0.15, -0.1) is 11.3 Å². The third kappa shape index (κ3) is 2.81. The van der Waals surface area contributed by atoms with Crippen LogP contribution in [0.3, 0.4) is 0 Å². The number of fused-ring (bicyclic) bond motifs is 2. The molecule has 0 unspecified atom stereocenters. The Morgan fingerprint density at radius 2 is 2.00 bits per heavy atom. The average molecular weight is 406 g/mol. The van der Waals surface area contributed by atoms with Gasteiger partial charge in [-0.3, -0.25) is 19.3 Å². The van der Waals surface area contributed by atoms with Crippen molar-refractivity contribution in [3.05, 3.63) is 80.9 Å². The van der Waals surface area contributed by atoms with Crippen LogP contribution in [0.4, 0.5) is 0 Å².